The van der Waals surface area contributed by atoms with Crippen molar-refractivity contribution in [2.24, 2.45) is 5.73 Å². The second kappa shape index (κ2) is 4.25. The van der Waals surface area contributed by atoms with Gasteiger partial charge in [-0.15, -0.1) is 0 Å². The first-order valence-corrected chi connectivity index (χ1v) is 5.78. The fraction of sp³-hybridized carbons (Fsp3) is 0.600. The number of rotatable bonds is 2. The molecule has 17 heavy (non-hydrogen) atoms. The smallest absolute Gasteiger partial charge is 0.239 e. The van der Waals surface area contributed by atoms with Crippen LogP contribution in [0.2, 0.25) is 0 Å². The lowest BCUT2D eigenvalue weighted by Gasteiger charge is -2.23. The Morgan fingerprint density at radius 1 is 1.41 bits per heavy atom. The maximum atomic E-state index is 5.95. The van der Waals surface area contributed by atoms with Crippen molar-refractivity contribution in [3.63, 3.8) is 0 Å². The molecule has 3 N–H and O–H groups in total. The van der Waals surface area contributed by atoms with E-state index in [9.17, 15) is 0 Å². The maximum absolute atomic E-state index is 5.95. The zero-order chi connectivity index (χ0) is 11.7. The quantitative estimate of drug-likeness (QED) is 0.797. The third-order valence-corrected chi connectivity index (χ3v) is 3.13. The summed E-state index contributed by atoms with van der Waals surface area (Å²) in [7, 11) is 0. The van der Waals surface area contributed by atoms with Gasteiger partial charge in [0, 0.05) is 12.0 Å². The summed E-state index contributed by atoms with van der Waals surface area (Å²) in [6.45, 7) is 0. The Kier molecular flexibility index (Phi) is 2.60. The van der Waals surface area contributed by atoms with E-state index >= 15 is 0 Å². The van der Waals surface area contributed by atoms with Crippen molar-refractivity contribution in [1.82, 2.24) is 25.3 Å². The van der Waals surface area contributed by atoms with Crippen molar-refractivity contribution in [1.29, 1.82) is 0 Å². The Bertz CT molecular complexity index is 479. The third kappa shape index (κ3) is 2.05. The standard InChI is InChI=1S/C10H14N6O/c11-7-3-1-2-6(4-7)10-14-9(16-17-10)8-12-5-13-15-8/h5-7H,1-4,11H2,(H,12,13,15). The molecular weight excluding hydrogens is 220 g/mol. The van der Waals surface area contributed by atoms with E-state index in [-0.39, 0.29) is 12.0 Å². The molecule has 2 aromatic rings. The SMILES string of the molecule is NC1CCCC(c2nc(-c3ncn[nH]3)no2)C1. The van der Waals surface area contributed by atoms with Crippen LogP contribution in [0.5, 0.6) is 0 Å². The second-order valence-electron chi connectivity index (χ2n) is 4.41. The van der Waals surface area contributed by atoms with Crippen LogP contribution in [0.25, 0.3) is 11.6 Å². The van der Waals surface area contributed by atoms with Crippen LogP contribution in [0.1, 0.15) is 37.5 Å². The summed E-state index contributed by atoms with van der Waals surface area (Å²) in [5, 5.41) is 10.4. The van der Waals surface area contributed by atoms with Crippen molar-refractivity contribution < 1.29 is 4.52 Å². The van der Waals surface area contributed by atoms with E-state index in [0.29, 0.717) is 17.5 Å². The lowest BCUT2D eigenvalue weighted by molar-refractivity contribution is 0.299. The highest BCUT2D eigenvalue weighted by Crippen LogP contribution is 2.31. The van der Waals surface area contributed by atoms with Crippen molar-refractivity contribution >= 4 is 0 Å². The summed E-state index contributed by atoms with van der Waals surface area (Å²) in [5.74, 6) is 1.92. The average molecular weight is 234 g/mol. The minimum absolute atomic E-state index is 0.245. The van der Waals surface area contributed by atoms with Gasteiger partial charge in [-0.3, -0.25) is 5.10 Å². The predicted molar refractivity (Wildman–Crippen MR) is 58.9 cm³/mol. The zero-order valence-electron chi connectivity index (χ0n) is 9.33. The molecule has 0 aliphatic heterocycles. The molecular formula is C10H14N6O. The summed E-state index contributed by atoms with van der Waals surface area (Å²) in [4.78, 5) is 8.33. The Morgan fingerprint density at radius 3 is 3.12 bits per heavy atom. The van der Waals surface area contributed by atoms with E-state index in [1.54, 1.807) is 0 Å². The molecule has 0 aromatic carbocycles. The number of hydrogen-bond acceptors (Lipinski definition) is 6. The van der Waals surface area contributed by atoms with Crippen LogP contribution in [0.3, 0.4) is 0 Å². The molecule has 0 bridgehead atoms. The molecule has 1 aliphatic rings. The topological polar surface area (TPSA) is 107 Å². The third-order valence-electron chi connectivity index (χ3n) is 3.13. The molecule has 90 valence electrons. The summed E-state index contributed by atoms with van der Waals surface area (Å²) in [6.07, 6.45) is 5.59. The Hall–Kier alpha value is -1.76. The van der Waals surface area contributed by atoms with Gasteiger partial charge in [0.05, 0.1) is 0 Å². The van der Waals surface area contributed by atoms with Gasteiger partial charge in [0.2, 0.25) is 11.7 Å². The number of nitrogens with two attached hydrogens (primary N) is 1. The van der Waals surface area contributed by atoms with E-state index in [0.717, 1.165) is 25.7 Å². The number of nitrogens with one attached hydrogen (secondary N) is 1. The molecule has 2 aromatic heterocycles. The Labute approximate surface area is 97.8 Å². The first-order valence-electron chi connectivity index (χ1n) is 5.78. The number of aromatic nitrogens is 5. The number of H-pyrrole nitrogens is 1. The van der Waals surface area contributed by atoms with E-state index in [1.165, 1.54) is 6.33 Å². The summed E-state index contributed by atoms with van der Waals surface area (Å²) in [5.41, 5.74) is 5.95. The molecule has 7 heteroatoms. The summed E-state index contributed by atoms with van der Waals surface area (Å²) < 4.78 is 5.27. The maximum Gasteiger partial charge on any atom is 0.239 e. The molecule has 0 amide bonds. The zero-order valence-corrected chi connectivity index (χ0v) is 9.33. The molecule has 0 spiro atoms. The van der Waals surface area contributed by atoms with Gasteiger partial charge in [-0.25, -0.2) is 4.98 Å². The minimum atomic E-state index is 0.245. The van der Waals surface area contributed by atoms with Crippen LogP contribution in [-0.4, -0.2) is 31.4 Å². The molecule has 7 nitrogen and oxygen atoms in total. The molecule has 2 unspecified atom stereocenters. The fourth-order valence-corrected chi connectivity index (χ4v) is 2.26. The van der Waals surface area contributed by atoms with Crippen LogP contribution in [-0.2, 0) is 0 Å². The van der Waals surface area contributed by atoms with Crippen molar-refractivity contribution in [2.45, 2.75) is 37.6 Å². The van der Waals surface area contributed by atoms with E-state index < -0.39 is 0 Å². The minimum Gasteiger partial charge on any atom is -0.339 e. The first-order chi connectivity index (χ1) is 8.33. The monoisotopic (exact) mass is 234 g/mol. The number of hydrogen-bond donors (Lipinski definition) is 2. The van der Waals surface area contributed by atoms with Gasteiger partial charge in [0.25, 0.3) is 0 Å². The number of nitrogens with zero attached hydrogens (tertiary/aromatic N) is 4. The van der Waals surface area contributed by atoms with Crippen molar-refractivity contribution in [2.75, 3.05) is 0 Å². The lowest BCUT2D eigenvalue weighted by Crippen LogP contribution is -2.26. The van der Waals surface area contributed by atoms with Crippen molar-refractivity contribution in [3.05, 3.63) is 12.2 Å². The summed E-state index contributed by atoms with van der Waals surface area (Å²) in [6, 6.07) is 0.245. The van der Waals surface area contributed by atoms with E-state index in [2.05, 4.69) is 25.3 Å². The van der Waals surface area contributed by atoms with Crippen LogP contribution in [0, 0.1) is 0 Å². The van der Waals surface area contributed by atoms with Crippen LogP contribution >= 0.6 is 0 Å². The number of aromatic amines is 1. The van der Waals surface area contributed by atoms with Gasteiger partial charge in [-0.05, 0) is 19.3 Å². The largest absolute Gasteiger partial charge is 0.339 e. The first kappa shape index (κ1) is 10.4. The Morgan fingerprint density at radius 2 is 2.35 bits per heavy atom. The van der Waals surface area contributed by atoms with Gasteiger partial charge in [0.15, 0.2) is 5.82 Å². The van der Waals surface area contributed by atoms with Crippen LogP contribution in [0.15, 0.2) is 10.9 Å². The van der Waals surface area contributed by atoms with Crippen LogP contribution < -0.4 is 5.73 Å². The van der Waals surface area contributed by atoms with E-state index in [1.807, 2.05) is 0 Å². The van der Waals surface area contributed by atoms with Gasteiger partial charge in [0.1, 0.15) is 6.33 Å². The van der Waals surface area contributed by atoms with E-state index in [4.69, 9.17) is 10.3 Å². The summed E-state index contributed by atoms with van der Waals surface area (Å²) >= 11 is 0. The molecule has 2 heterocycles. The lowest BCUT2D eigenvalue weighted by atomic mass is 9.86. The molecule has 1 aliphatic carbocycles. The normalized spacial score (nSPS) is 25.0. The molecule has 3 rings (SSSR count). The highest BCUT2D eigenvalue weighted by atomic mass is 16.5. The molecule has 1 fully saturated rings. The van der Waals surface area contributed by atoms with Gasteiger partial charge in [-0.1, -0.05) is 11.6 Å². The van der Waals surface area contributed by atoms with Crippen LogP contribution in [0.4, 0.5) is 0 Å². The van der Waals surface area contributed by atoms with Crippen molar-refractivity contribution in [3.8, 4) is 11.6 Å². The predicted octanol–water partition coefficient (Wildman–Crippen LogP) is 0.840. The molecule has 1 saturated carbocycles. The Balaban J connectivity index is 1.80. The highest BCUT2D eigenvalue weighted by Gasteiger charge is 2.26. The second-order valence-corrected chi connectivity index (χ2v) is 4.41. The molecule has 0 saturated heterocycles. The van der Waals surface area contributed by atoms with Gasteiger partial charge >= 0.3 is 0 Å². The average Bonchev–Trinajstić information content (AvgIpc) is 3.00. The van der Waals surface area contributed by atoms with Gasteiger partial charge in [-0.2, -0.15) is 10.1 Å². The fourth-order valence-electron chi connectivity index (χ4n) is 2.26. The van der Waals surface area contributed by atoms with Gasteiger partial charge < -0.3 is 10.3 Å². The highest BCUT2D eigenvalue weighted by molar-refractivity contribution is 5.39. The molecule has 2 atom stereocenters. The molecule has 0 radical (unpaired) electrons.